The molecule has 0 aromatic heterocycles. The predicted octanol–water partition coefficient (Wildman–Crippen LogP) is 4.55. The molecule has 0 radical (unpaired) electrons. The van der Waals surface area contributed by atoms with Crippen molar-refractivity contribution in [3.8, 4) is 5.75 Å². The van der Waals surface area contributed by atoms with E-state index in [2.05, 4.69) is 0 Å². The Balaban J connectivity index is 2.05. The Morgan fingerprint density at radius 1 is 0.871 bits per heavy atom. The van der Waals surface area contributed by atoms with Crippen LogP contribution >= 0.6 is 0 Å². The first-order valence-electron chi connectivity index (χ1n) is 10.4. The minimum atomic E-state index is -3.79. The molecular formula is C24H28N2O4S. The summed E-state index contributed by atoms with van der Waals surface area (Å²) in [4.78, 5) is 15.0. The molecule has 0 N–H and O–H groups in total. The summed E-state index contributed by atoms with van der Waals surface area (Å²) in [6.45, 7) is 6.56. The van der Waals surface area contributed by atoms with Gasteiger partial charge >= 0.3 is 0 Å². The Bertz CT molecular complexity index is 1190. The van der Waals surface area contributed by atoms with Crippen LogP contribution in [0.1, 0.15) is 31.1 Å². The molecule has 31 heavy (non-hydrogen) atoms. The second kappa shape index (κ2) is 9.49. The zero-order valence-corrected chi connectivity index (χ0v) is 19.1. The van der Waals surface area contributed by atoms with E-state index in [1.807, 2.05) is 49.4 Å². The van der Waals surface area contributed by atoms with Crippen LogP contribution in [0.25, 0.3) is 10.8 Å². The van der Waals surface area contributed by atoms with Crippen LogP contribution in [-0.4, -0.2) is 45.4 Å². The van der Waals surface area contributed by atoms with Crippen molar-refractivity contribution in [2.45, 2.75) is 25.7 Å². The molecule has 3 aromatic rings. The summed E-state index contributed by atoms with van der Waals surface area (Å²) in [5.41, 5.74) is 1.05. The molecule has 0 aliphatic rings. The van der Waals surface area contributed by atoms with Gasteiger partial charge in [0.2, 0.25) is 10.0 Å². The van der Waals surface area contributed by atoms with Gasteiger partial charge in [-0.15, -0.1) is 0 Å². The van der Waals surface area contributed by atoms with Gasteiger partial charge in [-0.3, -0.25) is 4.79 Å². The summed E-state index contributed by atoms with van der Waals surface area (Å²) < 4.78 is 32.9. The number of sulfonamides is 1. The van der Waals surface area contributed by atoms with Gasteiger partial charge in [0.1, 0.15) is 10.6 Å². The molecule has 0 aliphatic carbocycles. The summed E-state index contributed by atoms with van der Waals surface area (Å²) in [7, 11) is -2.37. The topological polar surface area (TPSA) is 66.9 Å². The first-order chi connectivity index (χ1) is 14.9. The first-order valence-corrected chi connectivity index (χ1v) is 11.8. The Labute approximate surface area is 184 Å². The third kappa shape index (κ3) is 4.43. The van der Waals surface area contributed by atoms with E-state index in [1.54, 1.807) is 24.8 Å². The fourth-order valence-corrected chi connectivity index (χ4v) is 5.30. The van der Waals surface area contributed by atoms with Crippen molar-refractivity contribution in [3.63, 3.8) is 0 Å². The Hall–Kier alpha value is -2.90. The van der Waals surface area contributed by atoms with Crippen molar-refractivity contribution < 1.29 is 17.9 Å². The summed E-state index contributed by atoms with van der Waals surface area (Å²) in [6, 6.07) is 18.4. The van der Waals surface area contributed by atoms with E-state index in [9.17, 15) is 13.2 Å². The number of benzene rings is 3. The Morgan fingerprint density at radius 3 is 2.16 bits per heavy atom. The highest BCUT2D eigenvalue weighted by Gasteiger charge is 2.28. The molecule has 0 bridgehead atoms. The van der Waals surface area contributed by atoms with Crippen molar-refractivity contribution in [1.82, 2.24) is 4.31 Å². The van der Waals surface area contributed by atoms with Crippen LogP contribution in [0.4, 0.5) is 5.69 Å². The van der Waals surface area contributed by atoms with Crippen molar-refractivity contribution in [3.05, 3.63) is 66.2 Å². The summed E-state index contributed by atoms with van der Waals surface area (Å²) in [5, 5.41) is 2.12. The van der Waals surface area contributed by atoms with Crippen LogP contribution in [0, 0.1) is 0 Å². The van der Waals surface area contributed by atoms with Crippen LogP contribution in [0.15, 0.2) is 65.6 Å². The second-order valence-corrected chi connectivity index (χ2v) is 8.94. The molecule has 0 heterocycles. The van der Waals surface area contributed by atoms with Gasteiger partial charge in [0.15, 0.2) is 0 Å². The fourth-order valence-electron chi connectivity index (χ4n) is 3.66. The third-order valence-electron chi connectivity index (χ3n) is 5.34. The third-order valence-corrected chi connectivity index (χ3v) is 7.41. The maximum Gasteiger partial charge on any atom is 0.258 e. The maximum atomic E-state index is 13.4. The minimum absolute atomic E-state index is 0.000820. The van der Waals surface area contributed by atoms with Gasteiger partial charge in [0, 0.05) is 30.9 Å². The smallest absolute Gasteiger partial charge is 0.258 e. The zero-order chi connectivity index (χ0) is 22.6. The van der Waals surface area contributed by atoms with E-state index < -0.39 is 10.0 Å². The van der Waals surface area contributed by atoms with Crippen molar-refractivity contribution in [2.75, 3.05) is 31.6 Å². The number of fused-ring (bicyclic) bond motifs is 1. The van der Waals surface area contributed by atoms with Crippen LogP contribution in [0.2, 0.25) is 0 Å². The molecule has 0 saturated carbocycles. The van der Waals surface area contributed by atoms with Crippen LogP contribution in [0.3, 0.4) is 0 Å². The molecule has 0 aliphatic heterocycles. The predicted molar refractivity (Wildman–Crippen MR) is 124 cm³/mol. The SMILES string of the molecule is CCN(C(=O)c1ccc(OC)c(S(=O)(=O)N(CC)CC)c1)c1ccc2ccccc2c1. The number of hydrogen-bond acceptors (Lipinski definition) is 4. The second-order valence-electron chi connectivity index (χ2n) is 7.04. The molecule has 0 fully saturated rings. The maximum absolute atomic E-state index is 13.4. The summed E-state index contributed by atoms with van der Waals surface area (Å²) in [6.07, 6.45) is 0. The number of amides is 1. The molecule has 0 unspecified atom stereocenters. The van der Waals surface area contributed by atoms with Crippen molar-refractivity contribution in [2.24, 2.45) is 0 Å². The van der Waals surface area contributed by atoms with Gasteiger partial charge in [-0.25, -0.2) is 8.42 Å². The zero-order valence-electron chi connectivity index (χ0n) is 18.3. The highest BCUT2D eigenvalue weighted by Crippen LogP contribution is 2.30. The lowest BCUT2D eigenvalue weighted by Gasteiger charge is -2.23. The highest BCUT2D eigenvalue weighted by atomic mass is 32.2. The number of methoxy groups -OCH3 is 1. The van der Waals surface area contributed by atoms with Gasteiger partial charge in [-0.2, -0.15) is 4.31 Å². The monoisotopic (exact) mass is 440 g/mol. The molecule has 7 heteroatoms. The number of nitrogens with zero attached hydrogens (tertiary/aromatic N) is 2. The number of hydrogen-bond donors (Lipinski definition) is 0. The quantitative estimate of drug-likeness (QED) is 0.516. The molecule has 1 amide bonds. The molecule has 164 valence electrons. The van der Waals surface area contributed by atoms with Crippen LogP contribution in [0.5, 0.6) is 5.75 Å². The van der Waals surface area contributed by atoms with E-state index in [4.69, 9.17) is 4.74 Å². The van der Waals surface area contributed by atoms with Gasteiger partial charge in [0.05, 0.1) is 7.11 Å². The highest BCUT2D eigenvalue weighted by molar-refractivity contribution is 7.89. The average Bonchev–Trinajstić information content (AvgIpc) is 2.79. The molecule has 6 nitrogen and oxygen atoms in total. The van der Waals surface area contributed by atoms with E-state index in [-0.39, 0.29) is 16.6 Å². The van der Waals surface area contributed by atoms with Crippen molar-refractivity contribution >= 4 is 32.4 Å². The molecular weight excluding hydrogens is 412 g/mol. The normalized spacial score (nSPS) is 11.6. The Morgan fingerprint density at radius 2 is 1.55 bits per heavy atom. The van der Waals surface area contributed by atoms with Crippen molar-refractivity contribution in [1.29, 1.82) is 0 Å². The standard InChI is InChI=1S/C24H28N2O4S/c1-5-25(6-2)31(28,29)23-17-20(13-15-22(23)30-4)24(27)26(7-3)21-14-12-18-10-8-9-11-19(18)16-21/h8-17H,5-7H2,1-4H3. The lowest BCUT2D eigenvalue weighted by Crippen LogP contribution is -2.32. The fraction of sp³-hybridized carbons (Fsp3) is 0.292. The summed E-state index contributed by atoms with van der Waals surface area (Å²) in [5.74, 6) is -0.0476. The molecule has 3 aromatic carbocycles. The molecule has 3 rings (SSSR count). The summed E-state index contributed by atoms with van der Waals surface area (Å²) >= 11 is 0. The minimum Gasteiger partial charge on any atom is -0.495 e. The van der Waals surface area contributed by atoms with E-state index >= 15 is 0 Å². The molecule has 0 atom stereocenters. The van der Waals surface area contributed by atoms with Gasteiger partial charge < -0.3 is 9.64 Å². The van der Waals surface area contributed by atoms with Crippen LogP contribution < -0.4 is 9.64 Å². The molecule has 0 saturated heterocycles. The Kier molecular flexibility index (Phi) is 6.97. The number of carbonyl (C=O) groups excluding carboxylic acids is 1. The largest absolute Gasteiger partial charge is 0.495 e. The first kappa shape index (κ1) is 22.8. The lowest BCUT2D eigenvalue weighted by atomic mass is 10.1. The van der Waals surface area contributed by atoms with Gasteiger partial charge in [-0.05, 0) is 48.0 Å². The lowest BCUT2D eigenvalue weighted by molar-refractivity contribution is 0.0988. The van der Waals surface area contributed by atoms with Gasteiger partial charge in [0.25, 0.3) is 5.91 Å². The number of ether oxygens (including phenoxy) is 1. The molecule has 0 spiro atoms. The van der Waals surface area contributed by atoms with E-state index in [0.717, 1.165) is 16.5 Å². The number of carbonyl (C=O) groups is 1. The number of anilines is 1. The van der Waals surface area contributed by atoms with Crippen LogP contribution in [-0.2, 0) is 10.0 Å². The number of rotatable bonds is 8. The average molecular weight is 441 g/mol. The van der Waals surface area contributed by atoms with E-state index in [1.165, 1.54) is 23.5 Å². The van der Waals surface area contributed by atoms with E-state index in [0.29, 0.717) is 25.2 Å². The van der Waals surface area contributed by atoms with Gasteiger partial charge in [-0.1, -0.05) is 44.2 Å².